The van der Waals surface area contributed by atoms with Gasteiger partial charge in [-0.25, -0.2) is 0 Å². The Morgan fingerprint density at radius 1 is 1.88 bits per heavy atom. The summed E-state index contributed by atoms with van der Waals surface area (Å²) in [5.41, 5.74) is -0.477. The molecule has 0 bridgehead atoms. The highest BCUT2D eigenvalue weighted by molar-refractivity contribution is 6.20. The van der Waals surface area contributed by atoms with Crippen LogP contribution in [-0.4, -0.2) is 30.5 Å². The van der Waals surface area contributed by atoms with E-state index in [4.69, 9.17) is 11.6 Å². The molecule has 1 aliphatic heterocycles. The molecule has 1 saturated heterocycles. The fourth-order valence-corrected chi connectivity index (χ4v) is 0.881. The summed E-state index contributed by atoms with van der Waals surface area (Å²) in [6, 6.07) is 0. The molecule has 0 radical (unpaired) electrons. The van der Waals surface area contributed by atoms with Gasteiger partial charge in [0.25, 0.3) is 6.48 Å². The monoisotopic (exact) mass is 139 g/mol. The second-order valence-corrected chi connectivity index (χ2v) is 2.26. The van der Waals surface area contributed by atoms with Gasteiger partial charge in [-0.05, 0) is 7.05 Å². The largest absolute Gasteiger partial charge is 0.315 e. The molecule has 2 atom stereocenters. The van der Waals surface area contributed by atoms with E-state index in [1.165, 1.54) is 4.90 Å². The van der Waals surface area contributed by atoms with Crippen molar-refractivity contribution in [3.05, 3.63) is 0 Å². The Balaban J connectivity index is 2.39. The standard InChI is InChI=1S/C4H7ClFNO/c1-7-2-3(5)8-4(7)6/h3-4H,2H2,1H3. The molecule has 0 N–H and O–H groups in total. The van der Waals surface area contributed by atoms with Crippen LogP contribution in [-0.2, 0) is 4.74 Å². The minimum Gasteiger partial charge on any atom is -0.315 e. The predicted molar refractivity (Wildman–Crippen MR) is 28.3 cm³/mol. The number of ether oxygens (including phenoxy) is 1. The number of rotatable bonds is 0. The van der Waals surface area contributed by atoms with Crippen LogP contribution in [0, 0.1) is 0 Å². The van der Waals surface area contributed by atoms with Gasteiger partial charge in [-0.2, -0.15) is 4.39 Å². The molecule has 4 heteroatoms. The Labute approximate surface area is 52.2 Å². The van der Waals surface area contributed by atoms with Crippen molar-refractivity contribution < 1.29 is 9.13 Å². The molecule has 1 fully saturated rings. The van der Waals surface area contributed by atoms with Crippen molar-refractivity contribution in [2.75, 3.05) is 13.6 Å². The number of hydrogen-bond acceptors (Lipinski definition) is 2. The molecule has 0 aromatic rings. The minimum atomic E-state index is -1.31. The molecule has 1 heterocycles. The maximum atomic E-state index is 12.2. The molecule has 2 unspecified atom stereocenters. The Bertz CT molecular complexity index is 82.1. The topological polar surface area (TPSA) is 12.5 Å². The van der Waals surface area contributed by atoms with Gasteiger partial charge in [-0.3, -0.25) is 4.90 Å². The summed E-state index contributed by atoms with van der Waals surface area (Å²) < 4.78 is 16.7. The van der Waals surface area contributed by atoms with E-state index in [0.29, 0.717) is 6.54 Å². The van der Waals surface area contributed by atoms with Crippen LogP contribution < -0.4 is 0 Å². The highest BCUT2D eigenvalue weighted by Gasteiger charge is 2.27. The number of halogens is 2. The van der Waals surface area contributed by atoms with Gasteiger partial charge in [0.15, 0.2) is 0 Å². The van der Waals surface area contributed by atoms with Crippen molar-refractivity contribution in [1.29, 1.82) is 0 Å². The Morgan fingerprint density at radius 2 is 2.50 bits per heavy atom. The van der Waals surface area contributed by atoms with Crippen molar-refractivity contribution in [2.24, 2.45) is 0 Å². The van der Waals surface area contributed by atoms with Crippen LogP contribution in [0.3, 0.4) is 0 Å². The Hall–Kier alpha value is 0.140. The second-order valence-electron chi connectivity index (χ2n) is 1.78. The summed E-state index contributed by atoms with van der Waals surface area (Å²) in [5.74, 6) is 0. The molecule has 1 rings (SSSR count). The van der Waals surface area contributed by atoms with Crippen molar-refractivity contribution >= 4 is 11.6 Å². The Kier molecular flexibility index (Phi) is 1.70. The lowest BCUT2D eigenvalue weighted by molar-refractivity contribution is -0.0679. The van der Waals surface area contributed by atoms with Gasteiger partial charge in [-0.1, -0.05) is 11.6 Å². The van der Waals surface area contributed by atoms with Gasteiger partial charge in [0.1, 0.15) is 5.56 Å². The molecule has 0 amide bonds. The first-order valence-corrected chi connectivity index (χ1v) is 2.77. The molecule has 0 aliphatic carbocycles. The fourth-order valence-electron chi connectivity index (χ4n) is 0.578. The third-order valence-electron chi connectivity index (χ3n) is 1.04. The number of nitrogens with zero attached hydrogens (tertiary/aromatic N) is 1. The van der Waals surface area contributed by atoms with Crippen molar-refractivity contribution in [2.45, 2.75) is 12.0 Å². The third-order valence-corrected chi connectivity index (χ3v) is 1.28. The predicted octanol–water partition coefficient (Wildman–Crippen LogP) is 0.766. The molecule has 8 heavy (non-hydrogen) atoms. The van der Waals surface area contributed by atoms with Gasteiger partial charge >= 0.3 is 0 Å². The van der Waals surface area contributed by atoms with Gasteiger partial charge in [0.05, 0.1) is 0 Å². The number of alkyl halides is 2. The highest BCUT2D eigenvalue weighted by Crippen LogP contribution is 2.16. The molecule has 0 spiro atoms. The van der Waals surface area contributed by atoms with Gasteiger partial charge in [0.2, 0.25) is 0 Å². The van der Waals surface area contributed by atoms with E-state index in [9.17, 15) is 4.39 Å². The second kappa shape index (κ2) is 2.17. The van der Waals surface area contributed by atoms with Crippen LogP contribution in [0.1, 0.15) is 0 Å². The molecular formula is C4H7ClFNO. The van der Waals surface area contributed by atoms with E-state index >= 15 is 0 Å². The normalized spacial score (nSPS) is 40.9. The average molecular weight is 140 g/mol. The average Bonchev–Trinajstić information content (AvgIpc) is 1.85. The molecule has 2 nitrogen and oxygen atoms in total. The smallest absolute Gasteiger partial charge is 0.259 e. The number of likely N-dealkylation sites (N-methyl/N-ethyl adjacent to an activating group) is 1. The summed E-state index contributed by atoms with van der Waals surface area (Å²) >= 11 is 5.40. The summed E-state index contributed by atoms with van der Waals surface area (Å²) in [7, 11) is 1.62. The Morgan fingerprint density at radius 3 is 2.62 bits per heavy atom. The molecule has 48 valence electrons. The zero-order valence-corrected chi connectivity index (χ0v) is 5.23. The highest BCUT2D eigenvalue weighted by atomic mass is 35.5. The first-order chi connectivity index (χ1) is 3.70. The minimum absolute atomic E-state index is 0.461. The lowest BCUT2D eigenvalue weighted by Crippen LogP contribution is -2.20. The van der Waals surface area contributed by atoms with Gasteiger partial charge in [0, 0.05) is 6.54 Å². The summed E-state index contributed by atoms with van der Waals surface area (Å²) in [6.07, 6.45) is 0. The molecular weight excluding hydrogens is 133 g/mol. The summed E-state index contributed by atoms with van der Waals surface area (Å²) in [6.45, 7) is -0.847. The van der Waals surface area contributed by atoms with E-state index in [-0.39, 0.29) is 0 Å². The fraction of sp³-hybridized carbons (Fsp3) is 1.00. The quantitative estimate of drug-likeness (QED) is 0.363. The van der Waals surface area contributed by atoms with Crippen LogP contribution in [0.25, 0.3) is 0 Å². The summed E-state index contributed by atoms with van der Waals surface area (Å²) in [4.78, 5) is 1.40. The van der Waals surface area contributed by atoms with Crippen LogP contribution in [0.2, 0.25) is 0 Å². The zero-order chi connectivity index (χ0) is 6.15. The zero-order valence-electron chi connectivity index (χ0n) is 4.47. The lowest BCUT2D eigenvalue weighted by atomic mass is 10.7. The summed E-state index contributed by atoms with van der Waals surface area (Å²) in [5, 5.41) is 0. The van der Waals surface area contributed by atoms with E-state index < -0.39 is 12.0 Å². The first kappa shape index (κ1) is 6.26. The maximum absolute atomic E-state index is 12.2. The van der Waals surface area contributed by atoms with E-state index in [2.05, 4.69) is 4.74 Å². The lowest BCUT2D eigenvalue weighted by Gasteiger charge is -2.05. The van der Waals surface area contributed by atoms with Crippen LogP contribution in [0.5, 0.6) is 0 Å². The van der Waals surface area contributed by atoms with Crippen LogP contribution >= 0.6 is 11.6 Å². The third kappa shape index (κ3) is 1.10. The SMILES string of the molecule is CN1CC(Cl)OC1F. The van der Waals surface area contributed by atoms with Crippen molar-refractivity contribution in [1.82, 2.24) is 4.90 Å². The first-order valence-electron chi connectivity index (χ1n) is 2.34. The molecule has 0 saturated carbocycles. The maximum Gasteiger partial charge on any atom is 0.259 e. The van der Waals surface area contributed by atoms with Crippen molar-refractivity contribution in [3.8, 4) is 0 Å². The van der Waals surface area contributed by atoms with Crippen molar-refractivity contribution in [3.63, 3.8) is 0 Å². The van der Waals surface area contributed by atoms with Gasteiger partial charge in [-0.15, -0.1) is 0 Å². The van der Waals surface area contributed by atoms with E-state index in [1.807, 2.05) is 0 Å². The van der Waals surface area contributed by atoms with E-state index in [1.54, 1.807) is 7.05 Å². The number of hydrogen-bond donors (Lipinski definition) is 0. The molecule has 0 aromatic carbocycles. The van der Waals surface area contributed by atoms with Crippen LogP contribution in [0.15, 0.2) is 0 Å². The molecule has 0 aromatic heterocycles. The molecule has 1 aliphatic rings. The van der Waals surface area contributed by atoms with Gasteiger partial charge < -0.3 is 4.74 Å². The van der Waals surface area contributed by atoms with E-state index in [0.717, 1.165) is 0 Å². The van der Waals surface area contributed by atoms with Crippen LogP contribution in [0.4, 0.5) is 4.39 Å².